The molecule has 128 valence electrons. The Morgan fingerprint density at radius 2 is 1.92 bits per heavy atom. The van der Waals surface area contributed by atoms with Crippen molar-refractivity contribution in [3.8, 4) is 17.2 Å². The summed E-state index contributed by atoms with van der Waals surface area (Å²) in [6.07, 6.45) is 0. The normalized spacial score (nSPS) is 9.96. The lowest BCUT2D eigenvalue weighted by Gasteiger charge is -2.13. The molecule has 0 aliphatic rings. The minimum atomic E-state index is -0.413. The molecule has 0 radical (unpaired) electrons. The van der Waals surface area contributed by atoms with Crippen LogP contribution in [0.4, 0.5) is 14.9 Å². The van der Waals surface area contributed by atoms with Crippen LogP contribution in [-0.2, 0) is 0 Å². The molecule has 24 heavy (non-hydrogen) atoms. The molecule has 0 bridgehead atoms. The van der Waals surface area contributed by atoms with Crippen LogP contribution in [0.15, 0.2) is 42.5 Å². The van der Waals surface area contributed by atoms with E-state index in [4.69, 9.17) is 14.2 Å². The van der Waals surface area contributed by atoms with Gasteiger partial charge < -0.3 is 24.8 Å². The third-order valence-corrected chi connectivity index (χ3v) is 3.11. The Hall–Kier alpha value is -2.96. The fraction of sp³-hybridized carbons (Fsp3) is 0.235. The van der Waals surface area contributed by atoms with Crippen molar-refractivity contribution in [3.63, 3.8) is 0 Å². The minimum absolute atomic E-state index is 0.214. The zero-order valence-electron chi connectivity index (χ0n) is 13.5. The van der Waals surface area contributed by atoms with E-state index in [-0.39, 0.29) is 19.0 Å². The number of methoxy groups -OCH3 is 2. The molecular formula is C17H19FN2O4. The number of carbonyl (C=O) groups is 1. The molecule has 0 saturated heterocycles. The van der Waals surface area contributed by atoms with Crippen LogP contribution in [0.25, 0.3) is 0 Å². The Balaban J connectivity index is 1.81. The van der Waals surface area contributed by atoms with Gasteiger partial charge in [0.15, 0.2) is 0 Å². The number of hydrogen-bond donors (Lipinski definition) is 2. The molecule has 0 spiro atoms. The van der Waals surface area contributed by atoms with Crippen LogP contribution >= 0.6 is 0 Å². The third-order valence-electron chi connectivity index (χ3n) is 3.11. The highest BCUT2D eigenvalue weighted by atomic mass is 19.1. The van der Waals surface area contributed by atoms with E-state index in [1.165, 1.54) is 26.4 Å². The Morgan fingerprint density at radius 3 is 2.62 bits per heavy atom. The molecule has 0 fully saturated rings. The number of rotatable bonds is 7. The Morgan fingerprint density at radius 1 is 1.08 bits per heavy atom. The predicted molar refractivity (Wildman–Crippen MR) is 88.5 cm³/mol. The summed E-state index contributed by atoms with van der Waals surface area (Å²) in [5, 5.41) is 5.31. The first-order chi connectivity index (χ1) is 11.6. The Bertz CT molecular complexity index is 694. The summed E-state index contributed by atoms with van der Waals surface area (Å²) >= 11 is 0. The summed E-state index contributed by atoms with van der Waals surface area (Å²) in [5.41, 5.74) is 0.486. The topological polar surface area (TPSA) is 68.8 Å². The van der Waals surface area contributed by atoms with Gasteiger partial charge in [0.05, 0.1) is 26.5 Å². The Labute approximate surface area is 139 Å². The van der Waals surface area contributed by atoms with E-state index >= 15 is 0 Å². The molecule has 7 heteroatoms. The first kappa shape index (κ1) is 17.4. The first-order valence-electron chi connectivity index (χ1n) is 7.27. The molecule has 2 aromatic carbocycles. The van der Waals surface area contributed by atoms with Crippen LogP contribution in [0.1, 0.15) is 0 Å². The van der Waals surface area contributed by atoms with Gasteiger partial charge in [-0.05, 0) is 24.3 Å². The molecule has 2 N–H and O–H groups in total. The van der Waals surface area contributed by atoms with E-state index < -0.39 is 6.03 Å². The lowest BCUT2D eigenvalue weighted by atomic mass is 10.2. The maximum absolute atomic E-state index is 13.0. The van der Waals surface area contributed by atoms with Gasteiger partial charge in [-0.15, -0.1) is 0 Å². The van der Waals surface area contributed by atoms with E-state index in [2.05, 4.69) is 10.6 Å². The molecule has 0 unspecified atom stereocenters. The van der Waals surface area contributed by atoms with Crippen molar-refractivity contribution < 1.29 is 23.4 Å². The van der Waals surface area contributed by atoms with Gasteiger partial charge in [-0.1, -0.05) is 6.07 Å². The number of amides is 2. The molecule has 0 atom stereocenters. The summed E-state index contributed by atoms with van der Waals surface area (Å²) in [5.74, 6) is 1.15. The number of benzene rings is 2. The third kappa shape index (κ3) is 5.05. The van der Waals surface area contributed by atoms with Crippen molar-refractivity contribution in [3.05, 3.63) is 48.3 Å². The van der Waals surface area contributed by atoms with E-state index in [1.54, 1.807) is 30.3 Å². The fourth-order valence-electron chi connectivity index (χ4n) is 1.97. The number of carbonyl (C=O) groups excluding carboxylic acids is 1. The molecule has 6 nitrogen and oxygen atoms in total. The molecular weight excluding hydrogens is 315 g/mol. The lowest BCUT2D eigenvalue weighted by molar-refractivity contribution is 0.247. The van der Waals surface area contributed by atoms with E-state index in [0.29, 0.717) is 22.9 Å². The van der Waals surface area contributed by atoms with Gasteiger partial charge in [-0.25, -0.2) is 9.18 Å². The number of anilines is 1. The van der Waals surface area contributed by atoms with Crippen LogP contribution in [0.5, 0.6) is 17.2 Å². The maximum atomic E-state index is 13.0. The van der Waals surface area contributed by atoms with Crippen molar-refractivity contribution in [1.82, 2.24) is 5.32 Å². The van der Waals surface area contributed by atoms with E-state index in [9.17, 15) is 9.18 Å². The SMILES string of the molecule is COc1ccc(OC)c(NC(=O)NCCOc2cccc(F)c2)c1. The standard InChI is InChI=1S/C17H19FN2O4/c1-22-13-6-7-16(23-2)15(11-13)20-17(21)19-8-9-24-14-5-3-4-12(18)10-14/h3-7,10-11H,8-9H2,1-2H3,(H2,19,20,21). The van der Waals surface area contributed by atoms with Crippen LogP contribution < -0.4 is 24.8 Å². The summed E-state index contributed by atoms with van der Waals surface area (Å²) < 4.78 is 28.6. The number of ether oxygens (including phenoxy) is 3. The van der Waals surface area contributed by atoms with Gasteiger partial charge in [0.25, 0.3) is 0 Å². The van der Waals surface area contributed by atoms with E-state index in [1.807, 2.05) is 0 Å². The zero-order valence-corrected chi connectivity index (χ0v) is 13.5. The number of halogens is 1. The van der Waals surface area contributed by atoms with Gasteiger partial charge in [0.2, 0.25) is 0 Å². The number of hydrogen-bond acceptors (Lipinski definition) is 4. The quantitative estimate of drug-likeness (QED) is 0.764. The first-order valence-corrected chi connectivity index (χ1v) is 7.27. The second-order valence-electron chi connectivity index (χ2n) is 4.75. The molecule has 0 aliphatic carbocycles. The highest BCUT2D eigenvalue weighted by molar-refractivity contribution is 5.91. The summed E-state index contributed by atoms with van der Waals surface area (Å²) in [6.45, 7) is 0.473. The molecule has 0 heterocycles. The zero-order chi connectivity index (χ0) is 17.4. The highest BCUT2D eigenvalue weighted by Gasteiger charge is 2.08. The van der Waals surface area contributed by atoms with Gasteiger partial charge in [-0.3, -0.25) is 0 Å². The van der Waals surface area contributed by atoms with Crippen LogP contribution in [0, 0.1) is 5.82 Å². The monoisotopic (exact) mass is 334 g/mol. The summed E-state index contributed by atoms with van der Waals surface area (Å²) in [6, 6.07) is 10.5. The lowest BCUT2D eigenvalue weighted by Crippen LogP contribution is -2.32. The average molecular weight is 334 g/mol. The number of nitrogens with one attached hydrogen (secondary N) is 2. The second kappa shape index (κ2) is 8.61. The van der Waals surface area contributed by atoms with Crippen molar-refractivity contribution in [1.29, 1.82) is 0 Å². The van der Waals surface area contributed by atoms with Crippen molar-refractivity contribution in [2.24, 2.45) is 0 Å². The van der Waals surface area contributed by atoms with Crippen LogP contribution in [0.3, 0.4) is 0 Å². The minimum Gasteiger partial charge on any atom is -0.497 e. The van der Waals surface area contributed by atoms with Crippen LogP contribution in [0.2, 0.25) is 0 Å². The fourth-order valence-corrected chi connectivity index (χ4v) is 1.97. The highest BCUT2D eigenvalue weighted by Crippen LogP contribution is 2.28. The van der Waals surface area contributed by atoms with Gasteiger partial charge in [0.1, 0.15) is 29.7 Å². The molecule has 2 aromatic rings. The van der Waals surface area contributed by atoms with Gasteiger partial charge >= 0.3 is 6.03 Å². The molecule has 0 saturated carbocycles. The van der Waals surface area contributed by atoms with Crippen molar-refractivity contribution in [2.75, 3.05) is 32.7 Å². The average Bonchev–Trinajstić information content (AvgIpc) is 2.58. The summed E-state index contributed by atoms with van der Waals surface area (Å²) in [7, 11) is 3.05. The predicted octanol–water partition coefficient (Wildman–Crippen LogP) is 3.04. The second-order valence-corrected chi connectivity index (χ2v) is 4.75. The molecule has 2 amide bonds. The smallest absolute Gasteiger partial charge is 0.319 e. The molecule has 0 aliphatic heterocycles. The summed E-state index contributed by atoms with van der Waals surface area (Å²) in [4.78, 5) is 11.9. The Kier molecular flexibility index (Phi) is 6.24. The van der Waals surface area contributed by atoms with Crippen molar-refractivity contribution in [2.45, 2.75) is 0 Å². The van der Waals surface area contributed by atoms with Gasteiger partial charge in [-0.2, -0.15) is 0 Å². The maximum Gasteiger partial charge on any atom is 0.319 e. The van der Waals surface area contributed by atoms with Crippen molar-refractivity contribution >= 4 is 11.7 Å². The largest absolute Gasteiger partial charge is 0.497 e. The number of urea groups is 1. The van der Waals surface area contributed by atoms with E-state index in [0.717, 1.165) is 0 Å². The van der Waals surface area contributed by atoms with Gasteiger partial charge in [0, 0.05) is 12.1 Å². The van der Waals surface area contributed by atoms with Crippen LogP contribution in [-0.4, -0.2) is 33.4 Å². The molecule has 2 rings (SSSR count). The molecule has 0 aromatic heterocycles.